The van der Waals surface area contributed by atoms with Gasteiger partial charge < -0.3 is 10.1 Å². The lowest BCUT2D eigenvalue weighted by Crippen LogP contribution is -2.41. The van der Waals surface area contributed by atoms with Gasteiger partial charge in [0.15, 0.2) is 0 Å². The topological polar surface area (TPSA) is 21.3 Å². The van der Waals surface area contributed by atoms with Crippen molar-refractivity contribution in [1.82, 2.24) is 5.32 Å². The van der Waals surface area contributed by atoms with Crippen LogP contribution in [-0.2, 0) is 13.0 Å². The summed E-state index contributed by atoms with van der Waals surface area (Å²) >= 11 is 0. The number of hydrogen-bond donors (Lipinski definition) is 1. The summed E-state index contributed by atoms with van der Waals surface area (Å²) in [6.07, 6.45) is 6.02. The third-order valence-corrected chi connectivity index (χ3v) is 4.87. The molecule has 0 aromatic heterocycles. The molecule has 110 valence electrons. The Hall–Kier alpha value is -1.02. The van der Waals surface area contributed by atoms with Gasteiger partial charge in [-0.05, 0) is 68.2 Å². The molecule has 1 aromatic carbocycles. The molecule has 2 aliphatic rings. The first-order chi connectivity index (χ1) is 9.48. The second kappa shape index (κ2) is 5.07. The van der Waals surface area contributed by atoms with Crippen LogP contribution in [0.1, 0.15) is 57.6 Å². The van der Waals surface area contributed by atoms with Gasteiger partial charge in [0, 0.05) is 6.54 Å². The van der Waals surface area contributed by atoms with Crippen LogP contribution in [0, 0.1) is 5.41 Å². The molecule has 20 heavy (non-hydrogen) atoms. The molecule has 3 rings (SSSR count). The normalized spacial score (nSPS) is 28.8. The van der Waals surface area contributed by atoms with Gasteiger partial charge in [0.05, 0.1) is 0 Å². The Morgan fingerprint density at radius 1 is 1.15 bits per heavy atom. The van der Waals surface area contributed by atoms with Crippen molar-refractivity contribution in [2.45, 2.75) is 65.0 Å². The molecule has 1 N–H and O–H groups in total. The van der Waals surface area contributed by atoms with Crippen LogP contribution < -0.4 is 10.1 Å². The second-order valence-electron chi connectivity index (χ2n) is 7.57. The Bertz CT molecular complexity index is 494. The van der Waals surface area contributed by atoms with Gasteiger partial charge in [-0.1, -0.05) is 26.0 Å². The molecule has 1 aromatic rings. The Labute approximate surface area is 122 Å². The first-order valence-electron chi connectivity index (χ1n) is 7.98. The maximum atomic E-state index is 6.55. The molecule has 1 fully saturated rings. The van der Waals surface area contributed by atoms with Crippen LogP contribution in [0.4, 0.5) is 0 Å². The predicted molar refractivity (Wildman–Crippen MR) is 83.1 cm³/mol. The maximum Gasteiger partial charge on any atom is 0.123 e. The van der Waals surface area contributed by atoms with Crippen LogP contribution in [0.25, 0.3) is 0 Å². The van der Waals surface area contributed by atoms with Crippen LogP contribution in [0.5, 0.6) is 5.75 Å². The standard InChI is InChI=1S/C18H27NO/c1-17(2)9-5-10-18(3,13-17)20-16-7-4-6-14-12-19-11-8-15(14)16/h4,6-7,19H,5,8-13H2,1-3H3. The molecule has 1 aliphatic carbocycles. The monoisotopic (exact) mass is 273 g/mol. The molecule has 2 nitrogen and oxygen atoms in total. The molecule has 2 heteroatoms. The van der Waals surface area contributed by atoms with Crippen LogP contribution in [-0.4, -0.2) is 12.1 Å². The van der Waals surface area contributed by atoms with Gasteiger partial charge in [-0.2, -0.15) is 0 Å². The van der Waals surface area contributed by atoms with E-state index in [1.54, 1.807) is 0 Å². The molecule has 0 bridgehead atoms. The van der Waals surface area contributed by atoms with E-state index < -0.39 is 0 Å². The average molecular weight is 273 g/mol. The van der Waals surface area contributed by atoms with Gasteiger partial charge in [-0.25, -0.2) is 0 Å². The highest BCUT2D eigenvalue weighted by Crippen LogP contribution is 2.43. The van der Waals surface area contributed by atoms with E-state index in [1.807, 2.05) is 0 Å². The van der Waals surface area contributed by atoms with E-state index in [1.165, 1.54) is 30.4 Å². The Morgan fingerprint density at radius 2 is 2.00 bits per heavy atom. The van der Waals surface area contributed by atoms with E-state index in [4.69, 9.17) is 4.74 Å². The van der Waals surface area contributed by atoms with E-state index in [-0.39, 0.29) is 5.60 Å². The van der Waals surface area contributed by atoms with Gasteiger partial charge in [0.1, 0.15) is 11.4 Å². The summed E-state index contributed by atoms with van der Waals surface area (Å²) in [7, 11) is 0. The van der Waals surface area contributed by atoms with Crippen molar-refractivity contribution < 1.29 is 4.74 Å². The third-order valence-electron chi connectivity index (χ3n) is 4.87. The molecule has 1 heterocycles. The lowest BCUT2D eigenvalue weighted by atomic mass is 9.70. The van der Waals surface area contributed by atoms with Crippen molar-refractivity contribution in [3.8, 4) is 5.75 Å². The number of benzene rings is 1. The summed E-state index contributed by atoms with van der Waals surface area (Å²) in [6, 6.07) is 6.52. The summed E-state index contributed by atoms with van der Waals surface area (Å²) in [4.78, 5) is 0. The Morgan fingerprint density at radius 3 is 2.80 bits per heavy atom. The van der Waals surface area contributed by atoms with Gasteiger partial charge in [-0.15, -0.1) is 0 Å². The molecule has 1 saturated carbocycles. The molecular formula is C18H27NO. The van der Waals surface area contributed by atoms with E-state index >= 15 is 0 Å². The first-order valence-corrected chi connectivity index (χ1v) is 7.98. The smallest absolute Gasteiger partial charge is 0.123 e. The zero-order chi connectivity index (χ0) is 14.2. The Balaban J connectivity index is 1.84. The molecule has 0 spiro atoms. The number of fused-ring (bicyclic) bond motifs is 1. The van der Waals surface area contributed by atoms with Crippen molar-refractivity contribution in [3.63, 3.8) is 0 Å². The van der Waals surface area contributed by atoms with Gasteiger partial charge >= 0.3 is 0 Å². The van der Waals surface area contributed by atoms with Crippen molar-refractivity contribution in [1.29, 1.82) is 0 Å². The highest BCUT2D eigenvalue weighted by atomic mass is 16.5. The second-order valence-corrected chi connectivity index (χ2v) is 7.57. The summed E-state index contributed by atoms with van der Waals surface area (Å²) in [5.41, 5.74) is 3.24. The predicted octanol–water partition coefficient (Wildman–Crippen LogP) is 4.07. The quantitative estimate of drug-likeness (QED) is 0.877. The lowest BCUT2D eigenvalue weighted by Gasteiger charge is -2.43. The van der Waals surface area contributed by atoms with E-state index in [2.05, 4.69) is 44.3 Å². The number of ether oxygens (including phenoxy) is 1. The van der Waals surface area contributed by atoms with Gasteiger partial charge in [0.25, 0.3) is 0 Å². The van der Waals surface area contributed by atoms with Crippen molar-refractivity contribution >= 4 is 0 Å². The molecule has 0 saturated heterocycles. The number of rotatable bonds is 2. The summed E-state index contributed by atoms with van der Waals surface area (Å²) in [5, 5.41) is 3.44. The summed E-state index contributed by atoms with van der Waals surface area (Å²) in [5.74, 6) is 1.13. The van der Waals surface area contributed by atoms with Crippen molar-refractivity contribution in [2.24, 2.45) is 5.41 Å². The van der Waals surface area contributed by atoms with Gasteiger partial charge in [-0.3, -0.25) is 0 Å². The summed E-state index contributed by atoms with van der Waals surface area (Å²) < 4.78 is 6.55. The van der Waals surface area contributed by atoms with Crippen LogP contribution >= 0.6 is 0 Å². The molecule has 1 aliphatic heterocycles. The fourth-order valence-electron chi connectivity index (χ4n) is 4.08. The first kappa shape index (κ1) is 13.9. The highest BCUT2D eigenvalue weighted by Gasteiger charge is 2.38. The third kappa shape index (κ3) is 2.85. The van der Waals surface area contributed by atoms with Crippen molar-refractivity contribution in [3.05, 3.63) is 29.3 Å². The van der Waals surface area contributed by atoms with E-state index in [0.717, 1.165) is 31.7 Å². The SMILES string of the molecule is CC1(C)CCCC(C)(Oc2cccc3c2CCNC3)C1. The zero-order valence-electron chi connectivity index (χ0n) is 13.1. The fraction of sp³-hybridized carbons (Fsp3) is 0.667. The molecule has 0 amide bonds. The largest absolute Gasteiger partial charge is 0.487 e. The minimum atomic E-state index is 0.00174. The average Bonchev–Trinajstić information content (AvgIpc) is 2.37. The molecule has 1 unspecified atom stereocenters. The van der Waals surface area contributed by atoms with Gasteiger partial charge in [0.2, 0.25) is 0 Å². The summed E-state index contributed by atoms with van der Waals surface area (Å²) in [6.45, 7) is 9.09. The molecule has 1 atom stereocenters. The molecular weight excluding hydrogens is 246 g/mol. The minimum absolute atomic E-state index is 0.00174. The van der Waals surface area contributed by atoms with Crippen LogP contribution in [0.15, 0.2) is 18.2 Å². The number of hydrogen-bond acceptors (Lipinski definition) is 2. The minimum Gasteiger partial charge on any atom is -0.487 e. The zero-order valence-corrected chi connectivity index (χ0v) is 13.1. The van der Waals surface area contributed by atoms with E-state index in [0.29, 0.717) is 5.41 Å². The maximum absolute atomic E-state index is 6.55. The highest BCUT2D eigenvalue weighted by molar-refractivity contribution is 5.42. The molecule has 0 radical (unpaired) electrons. The van der Waals surface area contributed by atoms with Crippen LogP contribution in [0.3, 0.4) is 0 Å². The Kier molecular flexibility index (Phi) is 3.53. The van der Waals surface area contributed by atoms with Crippen LogP contribution in [0.2, 0.25) is 0 Å². The number of nitrogens with one attached hydrogen (secondary N) is 1. The lowest BCUT2D eigenvalue weighted by molar-refractivity contribution is -0.00217. The van der Waals surface area contributed by atoms with E-state index in [9.17, 15) is 0 Å². The fourth-order valence-corrected chi connectivity index (χ4v) is 4.08. The van der Waals surface area contributed by atoms with Crippen molar-refractivity contribution in [2.75, 3.05) is 6.54 Å².